The molecule has 0 radical (unpaired) electrons. The van der Waals surface area contributed by atoms with Crippen LogP contribution >= 0.6 is 0 Å². The van der Waals surface area contributed by atoms with Gasteiger partial charge in [0.05, 0.1) is 12.1 Å². The van der Waals surface area contributed by atoms with Crippen molar-refractivity contribution in [2.75, 3.05) is 62.0 Å². The van der Waals surface area contributed by atoms with Gasteiger partial charge in [0.25, 0.3) is 0 Å². The normalized spacial score (nSPS) is 15.3. The number of amides is 1. The maximum Gasteiger partial charge on any atom is 0.244 e. The van der Waals surface area contributed by atoms with Gasteiger partial charge in [-0.15, -0.1) is 0 Å². The fraction of sp³-hybridized carbons (Fsp3) is 0.895. The first-order valence-corrected chi connectivity index (χ1v) is 9.60. The van der Waals surface area contributed by atoms with Gasteiger partial charge in [0, 0.05) is 48.4 Å². The lowest BCUT2D eigenvalue weighted by molar-refractivity contribution is -0.135. The number of aliphatic imine (C=N–C) groups is 1. The molecule has 154 valence electrons. The molecule has 0 heterocycles. The Bertz CT molecular complexity index is 424. The minimum atomic E-state index is 0.0205. The first-order chi connectivity index (χ1) is 12.2. The largest absolute Gasteiger partial charge is 0.379 e. The summed E-state index contributed by atoms with van der Waals surface area (Å²) in [5, 5.41) is 3.13. The fourth-order valence-corrected chi connectivity index (χ4v) is 3.19. The second-order valence-electron chi connectivity index (χ2n) is 7.10. The number of hydrogen-bond acceptors (Lipinski definition) is 4. The van der Waals surface area contributed by atoms with Crippen molar-refractivity contribution in [1.82, 2.24) is 20.0 Å². The van der Waals surface area contributed by atoms with Crippen LogP contribution in [0.25, 0.3) is 0 Å². The van der Waals surface area contributed by atoms with Gasteiger partial charge in [-0.3, -0.25) is 4.79 Å². The summed E-state index contributed by atoms with van der Waals surface area (Å²) in [5.74, 6) is 1.19. The van der Waals surface area contributed by atoms with E-state index in [4.69, 9.17) is 4.74 Å². The Kier molecular flexibility index (Phi) is 12.3. The number of nitrogens with one attached hydrogen (secondary N) is 1. The van der Waals surface area contributed by atoms with E-state index < -0.39 is 0 Å². The van der Waals surface area contributed by atoms with Crippen LogP contribution in [0.15, 0.2) is 4.99 Å². The Balaban J connectivity index is 5.22. The number of hydrogen-bond donors (Lipinski definition) is 1. The Labute approximate surface area is 160 Å². The zero-order valence-corrected chi connectivity index (χ0v) is 18.4. The fourth-order valence-electron chi connectivity index (χ4n) is 3.19. The zero-order valence-electron chi connectivity index (χ0n) is 18.4. The van der Waals surface area contributed by atoms with E-state index in [0.29, 0.717) is 5.92 Å². The molecule has 7 heteroatoms. The van der Waals surface area contributed by atoms with Gasteiger partial charge in [-0.1, -0.05) is 27.2 Å². The van der Waals surface area contributed by atoms with E-state index in [2.05, 4.69) is 36.0 Å². The second kappa shape index (κ2) is 12.9. The second-order valence-corrected chi connectivity index (χ2v) is 7.10. The average molecular weight is 372 g/mol. The van der Waals surface area contributed by atoms with Gasteiger partial charge in [-0.25, -0.2) is 4.99 Å². The average Bonchev–Trinajstić information content (AvgIpc) is 2.62. The van der Waals surface area contributed by atoms with Gasteiger partial charge in [0.2, 0.25) is 5.91 Å². The molecular weight excluding hydrogens is 330 g/mol. The molecule has 0 aromatic heterocycles. The predicted octanol–water partition coefficient (Wildman–Crippen LogP) is 1.35. The van der Waals surface area contributed by atoms with E-state index >= 15 is 0 Å². The van der Waals surface area contributed by atoms with Crippen LogP contribution in [0.3, 0.4) is 0 Å². The molecule has 7 nitrogen and oxygen atoms in total. The summed E-state index contributed by atoms with van der Waals surface area (Å²) >= 11 is 0. The van der Waals surface area contributed by atoms with Gasteiger partial charge in [-0.2, -0.15) is 0 Å². The molecule has 0 rings (SSSR count). The number of ether oxygens (including phenoxy) is 1. The molecule has 0 aliphatic rings. The summed E-state index contributed by atoms with van der Waals surface area (Å²) in [4.78, 5) is 23.2. The van der Waals surface area contributed by atoms with Crippen molar-refractivity contribution in [3.63, 3.8) is 0 Å². The van der Waals surface area contributed by atoms with Gasteiger partial charge >= 0.3 is 0 Å². The van der Waals surface area contributed by atoms with E-state index in [1.165, 1.54) is 0 Å². The van der Waals surface area contributed by atoms with Gasteiger partial charge in [-0.05, 0) is 19.4 Å². The molecule has 1 N–H and O–H groups in total. The summed E-state index contributed by atoms with van der Waals surface area (Å²) in [6.07, 6.45) is 1.91. The molecule has 0 saturated carbocycles. The van der Waals surface area contributed by atoms with Crippen molar-refractivity contribution in [3.8, 4) is 0 Å². The van der Waals surface area contributed by atoms with E-state index in [1.807, 2.05) is 45.0 Å². The maximum atomic E-state index is 12.8. The highest BCUT2D eigenvalue weighted by Crippen LogP contribution is 2.21. The molecular formula is C19H41N5O2. The SMILES string of the molecule is CCC(C)C(C(CC)OC)N(C)C(=O)CN=C(N(C)C)N(C)CCNC. The first kappa shape index (κ1) is 24.7. The molecule has 26 heavy (non-hydrogen) atoms. The third kappa shape index (κ3) is 7.50. The van der Waals surface area contributed by atoms with Crippen molar-refractivity contribution >= 4 is 11.9 Å². The van der Waals surface area contributed by atoms with Gasteiger partial charge in [0.15, 0.2) is 5.96 Å². The van der Waals surface area contributed by atoms with Crippen molar-refractivity contribution in [2.45, 2.75) is 45.8 Å². The molecule has 0 aliphatic heterocycles. The van der Waals surface area contributed by atoms with E-state index in [1.54, 1.807) is 7.11 Å². The number of methoxy groups -OCH3 is 1. The monoisotopic (exact) mass is 371 g/mol. The lowest BCUT2D eigenvalue weighted by Crippen LogP contribution is -2.50. The molecule has 0 aromatic rings. The summed E-state index contributed by atoms with van der Waals surface area (Å²) in [6.45, 7) is 8.25. The number of carbonyl (C=O) groups is 1. The maximum absolute atomic E-state index is 12.8. The Hall–Kier alpha value is -1.34. The number of carbonyl (C=O) groups excluding carboxylic acids is 1. The van der Waals surface area contributed by atoms with Crippen molar-refractivity contribution in [1.29, 1.82) is 0 Å². The highest BCUT2D eigenvalue weighted by atomic mass is 16.5. The molecule has 0 aromatic carbocycles. The van der Waals surface area contributed by atoms with Crippen LogP contribution in [0, 0.1) is 5.92 Å². The summed E-state index contributed by atoms with van der Waals surface area (Å²) in [7, 11) is 11.4. The molecule has 0 bridgehead atoms. The lowest BCUT2D eigenvalue weighted by Gasteiger charge is -2.37. The number of likely N-dealkylation sites (N-methyl/N-ethyl adjacent to an activating group) is 3. The predicted molar refractivity (Wildman–Crippen MR) is 110 cm³/mol. The van der Waals surface area contributed by atoms with Gasteiger partial charge in [0.1, 0.15) is 6.54 Å². The Morgan fingerprint density at radius 3 is 2.19 bits per heavy atom. The third-order valence-corrected chi connectivity index (χ3v) is 4.95. The molecule has 0 fully saturated rings. The Morgan fingerprint density at radius 1 is 1.15 bits per heavy atom. The smallest absolute Gasteiger partial charge is 0.244 e. The zero-order chi connectivity index (χ0) is 20.3. The minimum absolute atomic E-state index is 0.0205. The number of nitrogens with zero attached hydrogens (tertiary/aromatic N) is 4. The van der Waals surface area contributed by atoms with Crippen LogP contribution in [-0.4, -0.2) is 101 Å². The van der Waals surface area contributed by atoms with Crippen LogP contribution in [0.1, 0.15) is 33.6 Å². The minimum Gasteiger partial charge on any atom is -0.379 e. The molecule has 3 atom stereocenters. The number of rotatable bonds is 11. The van der Waals surface area contributed by atoms with Crippen LogP contribution in [-0.2, 0) is 9.53 Å². The molecule has 1 amide bonds. The Morgan fingerprint density at radius 2 is 1.77 bits per heavy atom. The van der Waals surface area contributed by atoms with E-state index in [9.17, 15) is 4.79 Å². The van der Waals surface area contributed by atoms with Crippen molar-refractivity contribution < 1.29 is 9.53 Å². The standard InChI is InChI=1S/C19H41N5O2/c1-10-15(3)18(16(11-2)26-9)24(8)17(25)14-21-19(22(5)6)23(7)13-12-20-4/h15-16,18,20H,10-14H2,1-9H3. The lowest BCUT2D eigenvalue weighted by atomic mass is 9.91. The quantitative estimate of drug-likeness (QED) is 0.439. The van der Waals surface area contributed by atoms with Gasteiger partial charge < -0.3 is 24.8 Å². The molecule has 3 unspecified atom stereocenters. The molecule has 0 spiro atoms. The summed E-state index contributed by atoms with van der Waals surface area (Å²) in [5.41, 5.74) is 0. The van der Waals surface area contributed by atoms with Crippen LogP contribution in [0.2, 0.25) is 0 Å². The first-order valence-electron chi connectivity index (χ1n) is 9.60. The number of guanidine groups is 1. The van der Waals surface area contributed by atoms with E-state index in [0.717, 1.165) is 31.9 Å². The van der Waals surface area contributed by atoms with Crippen molar-refractivity contribution in [3.05, 3.63) is 0 Å². The highest BCUT2D eigenvalue weighted by molar-refractivity contribution is 5.84. The van der Waals surface area contributed by atoms with Crippen LogP contribution in [0.5, 0.6) is 0 Å². The molecule has 0 saturated heterocycles. The topological polar surface area (TPSA) is 60.4 Å². The third-order valence-electron chi connectivity index (χ3n) is 4.95. The summed E-state index contributed by atoms with van der Waals surface area (Å²) < 4.78 is 5.65. The van der Waals surface area contributed by atoms with Crippen molar-refractivity contribution in [2.24, 2.45) is 10.9 Å². The highest BCUT2D eigenvalue weighted by Gasteiger charge is 2.31. The van der Waals surface area contributed by atoms with E-state index in [-0.39, 0.29) is 24.6 Å². The van der Waals surface area contributed by atoms with Crippen LogP contribution < -0.4 is 5.32 Å². The van der Waals surface area contributed by atoms with Crippen LogP contribution in [0.4, 0.5) is 0 Å². The molecule has 0 aliphatic carbocycles. The summed E-state index contributed by atoms with van der Waals surface area (Å²) in [6, 6.07) is 0.0579.